The van der Waals surface area contributed by atoms with Gasteiger partial charge in [0.2, 0.25) is 0 Å². The molecule has 0 aliphatic carbocycles. The molecule has 1 aromatic rings. The Kier molecular flexibility index (Phi) is 3.62. The number of rotatable bonds is 2. The summed E-state index contributed by atoms with van der Waals surface area (Å²) in [5, 5.41) is 9.26. The second-order valence-electron chi connectivity index (χ2n) is 6.12. The standard InChI is InChI=1S/C15H22FNO/c1-11(13-6-5-12(18)9-14(13)16)17-8-4-7-15(2,3)10-17/h5-6,9,11,18H,4,7-8,10H2,1-3H3. The maximum atomic E-state index is 13.9. The molecule has 100 valence electrons. The van der Waals surface area contributed by atoms with Gasteiger partial charge in [-0.3, -0.25) is 4.90 Å². The lowest BCUT2D eigenvalue weighted by Gasteiger charge is -2.41. The highest BCUT2D eigenvalue weighted by atomic mass is 19.1. The highest BCUT2D eigenvalue weighted by Crippen LogP contribution is 2.34. The quantitative estimate of drug-likeness (QED) is 0.866. The lowest BCUT2D eigenvalue weighted by Crippen LogP contribution is -2.41. The number of benzene rings is 1. The van der Waals surface area contributed by atoms with Crippen molar-refractivity contribution in [1.82, 2.24) is 4.90 Å². The van der Waals surface area contributed by atoms with Crippen molar-refractivity contribution in [2.45, 2.75) is 39.7 Å². The minimum Gasteiger partial charge on any atom is -0.508 e. The summed E-state index contributed by atoms with van der Waals surface area (Å²) in [5.41, 5.74) is 0.977. The van der Waals surface area contributed by atoms with Gasteiger partial charge in [0.15, 0.2) is 0 Å². The Bertz CT molecular complexity index is 431. The van der Waals surface area contributed by atoms with E-state index in [-0.39, 0.29) is 17.6 Å². The predicted octanol–water partition coefficient (Wildman–Crippen LogP) is 3.71. The average Bonchev–Trinajstić information content (AvgIpc) is 2.27. The van der Waals surface area contributed by atoms with Gasteiger partial charge in [0.25, 0.3) is 0 Å². The van der Waals surface area contributed by atoms with Crippen molar-refractivity contribution in [3.63, 3.8) is 0 Å². The first-order valence-corrected chi connectivity index (χ1v) is 6.61. The van der Waals surface area contributed by atoms with Crippen LogP contribution in [0.25, 0.3) is 0 Å². The van der Waals surface area contributed by atoms with Crippen molar-refractivity contribution < 1.29 is 9.50 Å². The van der Waals surface area contributed by atoms with Crippen molar-refractivity contribution in [2.24, 2.45) is 5.41 Å². The first-order valence-electron chi connectivity index (χ1n) is 6.61. The number of hydrogen-bond donors (Lipinski definition) is 1. The van der Waals surface area contributed by atoms with Crippen molar-refractivity contribution in [2.75, 3.05) is 13.1 Å². The maximum Gasteiger partial charge on any atom is 0.131 e. The van der Waals surface area contributed by atoms with Gasteiger partial charge in [-0.05, 0) is 37.8 Å². The molecular formula is C15H22FNO. The van der Waals surface area contributed by atoms with Crippen LogP contribution in [0, 0.1) is 11.2 Å². The second-order valence-corrected chi connectivity index (χ2v) is 6.12. The third-order valence-corrected chi connectivity index (χ3v) is 3.91. The molecule has 0 saturated carbocycles. The van der Waals surface area contributed by atoms with Crippen molar-refractivity contribution >= 4 is 0 Å². The third-order valence-electron chi connectivity index (χ3n) is 3.91. The summed E-state index contributed by atoms with van der Waals surface area (Å²) in [5.74, 6) is -0.326. The van der Waals surface area contributed by atoms with Crippen LogP contribution >= 0.6 is 0 Å². The van der Waals surface area contributed by atoms with Crippen LogP contribution in [0.3, 0.4) is 0 Å². The van der Waals surface area contributed by atoms with E-state index in [1.54, 1.807) is 12.1 Å². The monoisotopic (exact) mass is 251 g/mol. The molecule has 1 N–H and O–H groups in total. The molecule has 1 atom stereocenters. The largest absolute Gasteiger partial charge is 0.508 e. The van der Waals surface area contributed by atoms with Crippen LogP contribution in [0.5, 0.6) is 5.75 Å². The topological polar surface area (TPSA) is 23.5 Å². The van der Waals surface area contributed by atoms with Gasteiger partial charge >= 0.3 is 0 Å². The van der Waals surface area contributed by atoms with Crippen LogP contribution < -0.4 is 0 Å². The van der Waals surface area contributed by atoms with Crippen LogP contribution in [-0.4, -0.2) is 23.1 Å². The number of piperidine rings is 1. The predicted molar refractivity (Wildman–Crippen MR) is 71.1 cm³/mol. The van der Waals surface area contributed by atoms with Gasteiger partial charge in [-0.25, -0.2) is 4.39 Å². The highest BCUT2D eigenvalue weighted by molar-refractivity contribution is 5.29. The van der Waals surface area contributed by atoms with E-state index in [1.165, 1.54) is 12.5 Å². The van der Waals surface area contributed by atoms with Crippen LogP contribution in [0.1, 0.15) is 45.2 Å². The number of aromatic hydroxyl groups is 1. The molecule has 0 amide bonds. The van der Waals surface area contributed by atoms with Crippen molar-refractivity contribution in [3.8, 4) is 5.75 Å². The second kappa shape index (κ2) is 4.88. The number of nitrogens with zero attached hydrogens (tertiary/aromatic N) is 1. The summed E-state index contributed by atoms with van der Waals surface area (Å²) in [6.07, 6.45) is 2.39. The Morgan fingerprint density at radius 2 is 2.11 bits per heavy atom. The molecule has 18 heavy (non-hydrogen) atoms. The first kappa shape index (κ1) is 13.3. The van der Waals surface area contributed by atoms with E-state index in [0.29, 0.717) is 11.0 Å². The summed E-state index contributed by atoms with van der Waals surface area (Å²) >= 11 is 0. The number of phenolic OH excluding ortho intramolecular Hbond substituents is 1. The maximum absolute atomic E-state index is 13.9. The van der Waals surface area contributed by atoms with Crippen LogP contribution in [0.15, 0.2) is 18.2 Å². The molecule has 1 aliphatic rings. The number of halogens is 1. The smallest absolute Gasteiger partial charge is 0.131 e. The zero-order valence-electron chi connectivity index (χ0n) is 11.4. The van der Waals surface area contributed by atoms with E-state index in [9.17, 15) is 9.50 Å². The Balaban J connectivity index is 2.17. The molecule has 0 spiro atoms. The highest BCUT2D eigenvalue weighted by Gasteiger charge is 2.30. The lowest BCUT2D eigenvalue weighted by molar-refractivity contribution is 0.0831. The van der Waals surface area contributed by atoms with E-state index in [1.807, 2.05) is 6.92 Å². The summed E-state index contributed by atoms with van der Waals surface area (Å²) in [6.45, 7) is 8.58. The van der Waals surface area contributed by atoms with Gasteiger partial charge < -0.3 is 5.11 Å². The van der Waals surface area contributed by atoms with Crippen molar-refractivity contribution in [3.05, 3.63) is 29.6 Å². The molecule has 1 aromatic carbocycles. The Labute approximate surface area is 108 Å². The fourth-order valence-corrected chi connectivity index (χ4v) is 2.85. The van der Waals surface area contributed by atoms with E-state index in [0.717, 1.165) is 19.5 Å². The zero-order chi connectivity index (χ0) is 13.3. The van der Waals surface area contributed by atoms with Gasteiger partial charge in [0, 0.05) is 24.2 Å². The Morgan fingerprint density at radius 1 is 1.39 bits per heavy atom. The summed E-state index contributed by atoms with van der Waals surface area (Å²) in [4.78, 5) is 2.33. The van der Waals surface area contributed by atoms with Gasteiger partial charge in [-0.2, -0.15) is 0 Å². The van der Waals surface area contributed by atoms with Crippen molar-refractivity contribution in [1.29, 1.82) is 0 Å². The molecule has 1 saturated heterocycles. The minimum atomic E-state index is -0.314. The Hall–Kier alpha value is -1.09. The molecule has 0 aromatic heterocycles. The molecule has 0 radical (unpaired) electrons. The molecule has 1 aliphatic heterocycles. The third kappa shape index (κ3) is 2.83. The summed E-state index contributed by atoms with van der Waals surface area (Å²) < 4.78 is 13.9. The average molecular weight is 251 g/mol. The molecule has 1 heterocycles. The molecule has 3 heteroatoms. The lowest BCUT2D eigenvalue weighted by atomic mass is 9.83. The fourth-order valence-electron chi connectivity index (χ4n) is 2.85. The minimum absolute atomic E-state index is 0.0116. The number of hydrogen-bond acceptors (Lipinski definition) is 2. The van der Waals surface area contributed by atoms with E-state index in [4.69, 9.17) is 0 Å². The number of phenols is 1. The van der Waals surface area contributed by atoms with Crippen LogP contribution in [0.4, 0.5) is 4.39 Å². The SMILES string of the molecule is CC(c1ccc(O)cc1F)N1CCCC(C)(C)C1. The van der Waals surface area contributed by atoms with Gasteiger partial charge in [0.1, 0.15) is 11.6 Å². The number of likely N-dealkylation sites (tertiary alicyclic amines) is 1. The van der Waals surface area contributed by atoms with E-state index >= 15 is 0 Å². The van der Waals surface area contributed by atoms with E-state index in [2.05, 4.69) is 18.7 Å². The molecule has 2 rings (SSSR count). The summed E-state index contributed by atoms with van der Waals surface area (Å²) in [6, 6.07) is 4.51. The molecule has 1 unspecified atom stereocenters. The first-order chi connectivity index (χ1) is 8.39. The normalized spacial score (nSPS) is 21.8. The fraction of sp³-hybridized carbons (Fsp3) is 0.600. The zero-order valence-corrected chi connectivity index (χ0v) is 11.4. The molecule has 1 fully saturated rings. The van der Waals surface area contributed by atoms with Crippen LogP contribution in [0.2, 0.25) is 0 Å². The van der Waals surface area contributed by atoms with E-state index < -0.39 is 0 Å². The molecule has 0 bridgehead atoms. The van der Waals surface area contributed by atoms with Crippen LogP contribution in [-0.2, 0) is 0 Å². The van der Waals surface area contributed by atoms with Gasteiger partial charge in [-0.15, -0.1) is 0 Å². The molecule has 2 nitrogen and oxygen atoms in total. The summed E-state index contributed by atoms with van der Waals surface area (Å²) in [7, 11) is 0. The Morgan fingerprint density at radius 3 is 2.72 bits per heavy atom. The molecular weight excluding hydrogens is 229 g/mol. The van der Waals surface area contributed by atoms with Gasteiger partial charge in [-0.1, -0.05) is 19.9 Å². The van der Waals surface area contributed by atoms with Gasteiger partial charge in [0.05, 0.1) is 0 Å².